The van der Waals surface area contributed by atoms with Crippen molar-refractivity contribution in [2.75, 3.05) is 11.5 Å². The SMILES string of the molecule is CCS(=O)(=O)C[C@@H](C)NC(=O)c1cccnc1. The minimum Gasteiger partial charge on any atom is -0.349 e. The van der Waals surface area contributed by atoms with E-state index in [1.165, 1.54) is 6.20 Å². The second kappa shape index (κ2) is 5.77. The molecule has 0 aliphatic carbocycles. The molecule has 1 aromatic heterocycles. The van der Waals surface area contributed by atoms with E-state index in [1.807, 2.05) is 0 Å². The molecule has 0 saturated heterocycles. The van der Waals surface area contributed by atoms with Gasteiger partial charge in [-0.15, -0.1) is 0 Å². The molecule has 0 bridgehead atoms. The van der Waals surface area contributed by atoms with Crippen molar-refractivity contribution >= 4 is 15.7 Å². The van der Waals surface area contributed by atoms with Crippen LogP contribution in [0.4, 0.5) is 0 Å². The molecule has 0 aliphatic heterocycles. The molecule has 1 N–H and O–H groups in total. The fourth-order valence-corrected chi connectivity index (χ4v) is 2.43. The molecule has 1 heterocycles. The number of pyridine rings is 1. The lowest BCUT2D eigenvalue weighted by Gasteiger charge is -2.13. The fraction of sp³-hybridized carbons (Fsp3) is 0.455. The van der Waals surface area contributed by atoms with Gasteiger partial charge in [-0.25, -0.2) is 8.42 Å². The van der Waals surface area contributed by atoms with Crippen molar-refractivity contribution in [3.63, 3.8) is 0 Å². The first kappa shape index (κ1) is 13.6. The molecule has 5 nitrogen and oxygen atoms in total. The second-order valence-corrected chi connectivity index (χ2v) is 6.21. The van der Waals surface area contributed by atoms with Crippen LogP contribution in [-0.4, -0.2) is 36.9 Å². The third kappa shape index (κ3) is 4.52. The molecule has 0 aromatic carbocycles. The van der Waals surface area contributed by atoms with Crippen molar-refractivity contribution in [3.05, 3.63) is 30.1 Å². The average Bonchev–Trinajstić information content (AvgIpc) is 2.29. The van der Waals surface area contributed by atoms with E-state index >= 15 is 0 Å². The Labute approximate surface area is 101 Å². The van der Waals surface area contributed by atoms with Gasteiger partial charge in [-0.3, -0.25) is 9.78 Å². The summed E-state index contributed by atoms with van der Waals surface area (Å²) in [7, 11) is -3.08. The van der Waals surface area contributed by atoms with Crippen LogP contribution in [0.5, 0.6) is 0 Å². The third-order valence-electron chi connectivity index (χ3n) is 2.24. The molecule has 0 spiro atoms. The van der Waals surface area contributed by atoms with Gasteiger partial charge in [0.1, 0.15) is 0 Å². The Kier molecular flexibility index (Phi) is 4.62. The first-order valence-corrected chi connectivity index (χ1v) is 7.18. The standard InChI is InChI=1S/C11H16N2O3S/c1-3-17(15,16)8-9(2)13-11(14)10-5-4-6-12-7-10/h4-7,9H,3,8H2,1-2H3,(H,13,14)/t9-/m1/s1. The highest BCUT2D eigenvalue weighted by Crippen LogP contribution is 1.99. The van der Waals surface area contributed by atoms with E-state index in [0.717, 1.165) is 0 Å². The lowest BCUT2D eigenvalue weighted by molar-refractivity contribution is 0.0943. The van der Waals surface area contributed by atoms with E-state index in [2.05, 4.69) is 10.3 Å². The summed E-state index contributed by atoms with van der Waals surface area (Å²) in [6.07, 6.45) is 3.01. The van der Waals surface area contributed by atoms with E-state index in [9.17, 15) is 13.2 Å². The van der Waals surface area contributed by atoms with Crippen LogP contribution in [0.15, 0.2) is 24.5 Å². The monoisotopic (exact) mass is 256 g/mol. The average molecular weight is 256 g/mol. The lowest BCUT2D eigenvalue weighted by atomic mass is 10.2. The number of amides is 1. The van der Waals surface area contributed by atoms with Crippen molar-refractivity contribution < 1.29 is 13.2 Å². The first-order valence-electron chi connectivity index (χ1n) is 5.36. The van der Waals surface area contributed by atoms with Gasteiger partial charge in [-0.2, -0.15) is 0 Å². The molecule has 0 fully saturated rings. The van der Waals surface area contributed by atoms with Crippen molar-refractivity contribution in [1.82, 2.24) is 10.3 Å². The Morgan fingerprint density at radius 1 is 1.53 bits per heavy atom. The number of hydrogen-bond acceptors (Lipinski definition) is 4. The predicted molar refractivity (Wildman–Crippen MR) is 65.5 cm³/mol. The largest absolute Gasteiger partial charge is 0.349 e. The van der Waals surface area contributed by atoms with E-state index in [4.69, 9.17) is 0 Å². The van der Waals surface area contributed by atoms with Crippen LogP contribution < -0.4 is 5.32 Å². The van der Waals surface area contributed by atoms with Gasteiger partial charge >= 0.3 is 0 Å². The number of rotatable bonds is 5. The van der Waals surface area contributed by atoms with Crippen molar-refractivity contribution in [1.29, 1.82) is 0 Å². The number of nitrogens with zero attached hydrogens (tertiary/aromatic N) is 1. The van der Waals surface area contributed by atoms with Gasteiger partial charge < -0.3 is 5.32 Å². The highest BCUT2D eigenvalue weighted by atomic mass is 32.2. The molecule has 1 aromatic rings. The maximum absolute atomic E-state index is 11.7. The number of carbonyl (C=O) groups is 1. The van der Waals surface area contributed by atoms with Crippen LogP contribution in [0.3, 0.4) is 0 Å². The van der Waals surface area contributed by atoms with Gasteiger partial charge in [0.05, 0.1) is 11.3 Å². The molecular formula is C11H16N2O3S. The zero-order chi connectivity index (χ0) is 12.9. The smallest absolute Gasteiger partial charge is 0.253 e. The summed E-state index contributed by atoms with van der Waals surface area (Å²) in [5.74, 6) is -0.271. The third-order valence-corrected chi connectivity index (χ3v) is 4.13. The molecule has 0 radical (unpaired) electrons. The summed E-state index contributed by atoms with van der Waals surface area (Å²) in [6.45, 7) is 3.26. The molecule has 1 amide bonds. The number of sulfone groups is 1. The number of nitrogens with one attached hydrogen (secondary N) is 1. The van der Waals surface area contributed by atoms with Gasteiger partial charge in [-0.05, 0) is 19.1 Å². The summed E-state index contributed by atoms with van der Waals surface area (Å²) < 4.78 is 22.7. The minimum atomic E-state index is -3.08. The quantitative estimate of drug-likeness (QED) is 0.838. The zero-order valence-corrected chi connectivity index (χ0v) is 10.7. The molecule has 6 heteroatoms. The van der Waals surface area contributed by atoms with Crippen LogP contribution >= 0.6 is 0 Å². The highest BCUT2D eigenvalue weighted by Gasteiger charge is 2.16. The Balaban J connectivity index is 2.59. The zero-order valence-electron chi connectivity index (χ0n) is 9.88. The van der Waals surface area contributed by atoms with Gasteiger partial charge in [0.15, 0.2) is 9.84 Å². The van der Waals surface area contributed by atoms with E-state index in [0.29, 0.717) is 5.56 Å². The van der Waals surface area contributed by atoms with Crippen LogP contribution in [0, 0.1) is 0 Å². The molecular weight excluding hydrogens is 240 g/mol. The minimum absolute atomic E-state index is 0.0461. The Hall–Kier alpha value is -1.43. The molecule has 94 valence electrons. The fourth-order valence-electron chi connectivity index (χ4n) is 1.34. The summed E-state index contributed by atoms with van der Waals surface area (Å²) in [5, 5.41) is 2.63. The number of aromatic nitrogens is 1. The molecule has 17 heavy (non-hydrogen) atoms. The van der Waals surface area contributed by atoms with E-state index in [1.54, 1.807) is 32.2 Å². The van der Waals surface area contributed by atoms with Crippen molar-refractivity contribution in [3.8, 4) is 0 Å². The van der Waals surface area contributed by atoms with E-state index in [-0.39, 0.29) is 17.4 Å². The van der Waals surface area contributed by atoms with Gasteiger partial charge in [0.25, 0.3) is 5.91 Å². The van der Waals surface area contributed by atoms with Crippen LogP contribution in [0.25, 0.3) is 0 Å². The normalized spacial score (nSPS) is 13.1. The summed E-state index contributed by atoms with van der Waals surface area (Å²) in [6, 6.07) is 2.87. The number of hydrogen-bond donors (Lipinski definition) is 1. The van der Waals surface area contributed by atoms with Crippen LogP contribution in [0.1, 0.15) is 24.2 Å². The lowest BCUT2D eigenvalue weighted by Crippen LogP contribution is -2.38. The van der Waals surface area contributed by atoms with Gasteiger partial charge in [0, 0.05) is 24.2 Å². The summed E-state index contributed by atoms with van der Waals surface area (Å²) >= 11 is 0. The Bertz CT molecular complexity index is 471. The number of carbonyl (C=O) groups excluding carboxylic acids is 1. The summed E-state index contributed by atoms with van der Waals surface area (Å²) in [4.78, 5) is 15.5. The van der Waals surface area contributed by atoms with Crippen LogP contribution in [-0.2, 0) is 9.84 Å². The maximum atomic E-state index is 11.7. The maximum Gasteiger partial charge on any atom is 0.253 e. The second-order valence-electron chi connectivity index (χ2n) is 3.82. The Morgan fingerprint density at radius 2 is 2.24 bits per heavy atom. The van der Waals surface area contributed by atoms with Crippen molar-refractivity contribution in [2.24, 2.45) is 0 Å². The molecule has 0 saturated carbocycles. The molecule has 1 atom stereocenters. The predicted octanol–water partition coefficient (Wildman–Crippen LogP) is 0.635. The summed E-state index contributed by atoms with van der Waals surface area (Å²) in [5.41, 5.74) is 0.424. The molecule has 0 unspecified atom stereocenters. The van der Waals surface area contributed by atoms with Gasteiger partial charge in [0.2, 0.25) is 0 Å². The van der Waals surface area contributed by atoms with E-state index < -0.39 is 15.9 Å². The van der Waals surface area contributed by atoms with Crippen molar-refractivity contribution in [2.45, 2.75) is 19.9 Å². The topological polar surface area (TPSA) is 76.1 Å². The molecule has 1 rings (SSSR count). The first-order chi connectivity index (χ1) is 7.94. The Morgan fingerprint density at radius 3 is 2.76 bits per heavy atom. The van der Waals surface area contributed by atoms with Gasteiger partial charge in [-0.1, -0.05) is 6.92 Å². The highest BCUT2D eigenvalue weighted by molar-refractivity contribution is 7.91. The molecule has 0 aliphatic rings. The van der Waals surface area contributed by atoms with Crippen LogP contribution in [0.2, 0.25) is 0 Å².